The highest BCUT2D eigenvalue weighted by Crippen LogP contribution is 2.52. The monoisotopic (exact) mass is 434 g/mol. The van der Waals surface area contributed by atoms with E-state index >= 15 is 0 Å². The summed E-state index contributed by atoms with van der Waals surface area (Å²) in [7, 11) is 0. The molecular weight excluding hydrogens is 408 g/mol. The van der Waals surface area contributed by atoms with Crippen molar-refractivity contribution in [3.05, 3.63) is 65.0 Å². The molecule has 166 valence electrons. The maximum Gasteiger partial charge on any atom is 0.341 e. The molecule has 1 N–H and O–H groups in total. The third kappa shape index (κ3) is 2.84. The molecule has 7 heteroatoms. The van der Waals surface area contributed by atoms with Crippen LogP contribution in [0.2, 0.25) is 0 Å². The lowest BCUT2D eigenvalue weighted by atomic mass is 9.84. The van der Waals surface area contributed by atoms with Gasteiger partial charge >= 0.3 is 5.97 Å². The summed E-state index contributed by atoms with van der Waals surface area (Å²) in [6.07, 6.45) is 6.62. The molecule has 0 radical (unpaired) electrons. The highest BCUT2D eigenvalue weighted by Gasteiger charge is 2.57. The van der Waals surface area contributed by atoms with Crippen LogP contribution in [0.25, 0.3) is 0 Å². The fourth-order valence-electron chi connectivity index (χ4n) is 5.65. The van der Waals surface area contributed by atoms with Gasteiger partial charge in [-0.05, 0) is 30.0 Å². The number of hydrogen-bond donors (Lipinski definition) is 1. The number of carbonyl (C=O) groups excluding carboxylic acids is 2. The number of amides is 1. The van der Waals surface area contributed by atoms with Gasteiger partial charge in [-0.25, -0.2) is 4.79 Å². The molecule has 4 heterocycles. The van der Waals surface area contributed by atoms with Crippen molar-refractivity contribution < 1.29 is 24.2 Å². The number of aliphatic hydroxyl groups is 1. The number of ether oxygens (including phenoxy) is 2. The van der Waals surface area contributed by atoms with Gasteiger partial charge in [-0.3, -0.25) is 9.78 Å². The van der Waals surface area contributed by atoms with Crippen LogP contribution in [0.1, 0.15) is 59.2 Å². The Kier molecular flexibility index (Phi) is 4.26. The second-order valence-electron chi connectivity index (χ2n) is 9.59. The second-order valence-corrected chi connectivity index (χ2v) is 9.59. The van der Waals surface area contributed by atoms with E-state index in [1.54, 1.807) is 12.4 Å². The van der Waals surface area contributed by atoms with Gasteiger partial charge in [-0.15, -0.1) is 0 Å². The minimum absolute atomic E-state index is 0.102. The zero-order valence-corrected chi connectivity index (χ0v) is 17.9. The van der Waals surface area contributed by atoms with Gasteiger partial charge in [-0.2, -0.15) is 0 Å². The summed E-state index contributed by atoms with van der Waals surface area (Å²) in [5.41, 5.74) is 1.11. The molecule has 1 atom stereocenters. The Morgan fingerprint density at radius 3 is 2.44 bits per heavy atom. The smallest absolute Gasteiger partial charge is 0.341 e. The number of rotatable bonds is 3. The van der Waals surface area contributed by atoms with Crippen LogP contribution >= 0.6 is 0 Å². The summed E-state index contributed by atoms with van der Waals surface area (Å²) in [5.74, 6) is -0.254. The topological polar surface area (TPSA) is 89.0 Å². The van der Waals surface area contributed by atoms with E-state index in [4.69, 9.17) is 9.47 Å². The average Bonchev–Trinajstić information content (AvgIpc) is 3.46. The molecule has 1 spiro atoms. The van der Waals surface area contributed by atoms with Crippen molar-refractivity contribution >= 4 is 11.9 Å². The zero-order valence-electron chi connectivity index (χ0n) is 17.9. The molecule has 0 bridgehead atoms. The summed E-state index contributed by atoms with van der Waals surface area (Å²) in [6, 6.07) is 9.75. The molecule has 1 aromatic heterocycles. The number of likely N-dealkylation sites (tertiary alicyclic amines) is 1. The lowest BCUT2D eigenvalue weighted by Gasteiger charge is -2.33. The van der Waals surface area contributed by atoms with Gasteiger partial charge in [0, 0.05) is 57.0 Å². The summed E-state index contributed by atoms with van der Waals surface area (Å²) in [5, 5.41) is 11.0. The van der Waals surface area contributed by atoms with Crippen LogP contribution in [-0.4, -0.2) is 53.2 Å². The quantitative estimate of drug-likeness (QED) is 0.747. The molecule has 3 aliphatic heterocycles. The minimum Gasteiger partial charge on any atom is -0.449 e. The van der Waals surface area contributed by atoms with Crippen LogP contribution in [0.3, 0.4) is 0 Å². The molecule has 32 heavy (non-hydrogen) atoms. The molecule has 1 aromatic carbocycles. The maximum absolute atomic E-state index is 13.6. The number of carbonyl (C=O) groups is 2. The second kappa shape index (κ2) is 6.86. The van der Waals surface area contributed by atoms with Crippen LogP contribution in [0.5, 0.6) is 0 Å². The van der Waals surface area contributed by atoms with E-state index in [0.29, 0.717) is 51.1 Å². The van der Waals surface area contributed by atoms with E-state index < -0.39 is 16.6 Å². The number of fused-ring (bicyclic) bond motifs is 2. The van der Waals surface area contributed by atoms with Gasteiger partial charge in [0.2, 0.25) is 5.91 Å². The zero-order chi connectivity index (χ0) is 22.0. The van der Waals surface area contributed by atoms with E-state index in [1.807, 2.05) is 35.2 Å². The molecule has 1 unspecified atom stereocenters. The van der Waals surface area contributed by atoms with E-state index in [-0.39, 0.29) is 11.9 Å². The van der Waals surface area contributed by atoms with Crippen LogP contribution in [0.4, 0.5) is 0 Å². The van der Waals surface area contributed by atoms with Gasteiger partial charge in [0.15, 0.2) is 5.60 Å². The first kappa shape index (κ1) is 19.9. The first-order valence-electron chi connectivity index (χ1n) is 11.3. The van der Waals surface area contributed by atoms with E-state index in [2.05, 4.69) is 4.98 Å². The minimum atomic E-state index is -0.854. The lowest BCUT2D eigenvalue weighted by molar-refractivity contribution is -0.134. The maximum atomic E-state index is 13.6. The van der Waals surface area contributed by atoms with E-state index in [1.165, 1.54) is 0 Å². The Morgan fingerprint density at radius 1 is 1.00 bits per heavy atom. The van der Waals surface area contributed by atoms with Crippen LogP contribution in [0, 0.1) is 0 Å². The van der Waals surface area contributed by atoms with Crippen LogP contribution < -0.4 is 0 Å². The molecule has 1 saturated carbocycles. The van der Waals surface area contributed by atoms with Crippen molar-refractivity contribution in [1.82, 2.24) is 9.88 Å². The van der Waals surface area contributed by atoms with Crippen molar-refractivity contribution in [2.45, 2.75) is 48.7 Å². The number of aromatic nitrogens is 1. The highest BCUT2D eigenvalue weighted by molar-refractivity contribution is 5.95. The first-order valence-corrected chi connectivity index (χ1v) is 11.3. The third-order valence-corrected chi connectivity index (χ3v) is 7.79. The number of nitrogens with zero attached hydrogens (tertiary/aromatic N) is 2. The summed E-state index contributed by atoms with van der Waals surface area (Å²) < 4.78 is 11.2. The Balaban J connectivity index is 1.22. The van der Waals surface area contributed by atoms with Gasteiger partial charge < -0.3 is 19.5 Å². The molecule has 6 rings (SSSR count). The molecule has 2 aromatic rings. The summed E-state index contributed by atoms with van der Waals surface area (Å²) in [6.45, 7) is 2.06. The lowest BCUT2D eigenvalue weighted by Crippen LogP contribution is -2.40. The van der Waals surface area contributed by atoms with Crippen molar-refractivity contribution in [2.24, 2.45) is 0 Å². The fourth-order valence-corrected chi connectivity index (χ4v) is 5.65. The number of pyridine rings is 1. The highest BCUT2D eigenvalue weighted by atomic mass is 16.6. The summed E-state index contributed by atoms with van der Waals surface area (Å²) >= 11 is 0. The molecule has 4 aliphatic rings. The van der Waals surface area contributed by atoms with Gasteiger partial charge in [0.1, 0.15) is 0 Å². The van der Waals surface area contributed by atoms with Crippen LogP contribution in [0.15, 0.2) is 42.7 Å². The number of benzene rings is 1. The van der Waals surface area contributed by atoms with E-state index in [9.17, 15) is 14.7 Å². The van der Waals surface area contributed by atoms with Crippen molar-refractivity contribution in [3.63, 3.8) is 0 Å². The molecule has 1 amide bonds. The largest absolute Gasteiger partial charge is 0.449 e. The summed E-state index contributed by atoms with van der Waals surface area (Å²) in [4.78, 5) is 31.8. The Bertz CT molecular complexity index is 1090. The Morgan fingerprint density at radius 2 is 1.72 bits per heavy atom. The third-order valence-electron chi connectivity index (χ3n) is 7.79. The number of hydrogen-bond acceptors (Lipinski definition) is 6. The normalized spacial score (nSPS) is 27.3. The SMILES string of the molecule is O=C1OC2(CCN(C(=O)C3(c4ccc(C5(O)CCOCC5)cc4)CC3)C2)c2ccncc21. The van der Waals surface area contributed by atoms with Crippen LogP contribution in [-0.2, 0) is 30.9 Å². The Labute approximate surface area is 186 Å². The number of esters is 1. The standard InChI is InChI=1S/C25H26N2O5/c28-21-19-15-26-11-5-20(19)25(32-21)8-12-27(16-25)22(29)23(6-7-23)17-1-3-18(4-2-17)24(30)9-13-31-14-10-24/h1-5,11,15,30H,6-10,12-14,16H2. The Hall–Kier alpha value is -2.77. The molecule has 3 fully saturated rings. The van der Waals surface area contributed by atoms with Gasteiger partial charge in [0.25, 0.3) is 0 Å². The van der Waals surface area contributed by atoms with Gasteiger partial charge in [0.05, 0.1) is 23.1 Å². The molecule has 7 nitrogen and oxygen atoms in total. The fraction of sp³-hybridized carbons (Fsp3) is 0.480. The molecular formula is C25H26N2O5. The predicted octanol–water partition coefficient (Wildman–Crippen LogP) is 2.41. The molecule has 1 aliphatic carbocycles. The van der Waals surface area contributed by atoms with Crippen molar-refractivity contribution in [1.29, 1.82) is 0 Å². The average molecular weight is 434 g/mol. The predicted molar refractivity (Wildman–Crippen MR) is 114 cm³/mol. The van der Waals surface area contributed by atoms with Crippen molar-refractivity contribution in [2.75, 3.05) is 26.3 Å². The van der Waals surface area contributed by atoms with Crippen molar-refractivity contribution in [3.8, 4) is 0 Å². The van der Waals surface area contributed by atoms with E-state index in [0.717, 1.165) is 29.5 Å². The van der Waals surface area contributed by atoms with Gasteiger partial charge in [-0.1, -0.05) is 24.3 Å². The first-order chi connectivity index (χ1) is 15.5. The molecule has 2 saturated heterocycles.